The van der Waals surface area contributed by atoms with Gasteiger partial charge in [0, 0.05) is 17.1 Å². The summed E-state index contributed by atoms with van der Waals surface area (Å²) in [6.45, 7) is 5.42. The molecule has 1 heterocycles. The van der Waals surface area contributed by atoms with Gasteiger partial charge >= 0.3 is 0 Å². The van der Waals surface area contributed by atoms with Crippen molar-refractivity contribution in [3.05, 3.63) is 52.0 Å². The largest absolute Gasteiger partial charge is 0.313 e. The van der Waals surface area contributed by atoms with Crippen LogP contribution in [-0.4, -0.2) is 17.6 Å². The van der Waals surface area contributed by atoms with Crippen LogP contribution in [0.25, 0.3) is 0 Å². The van der Waals surface area contributed by atoms with Gasteiger partial charge in [-0.3, -0.25) is 4.98 Å². The summed E-state index contributed by atoms with van der Waals surface area (Å²) in [5, 5.41) is 3.65. The molecule has 19 heavy (non-hydrogen) atoms. The van der Waals surface area contributed by atoms with E-state index in [9.17, 15) is 0 Å². The minimum atomic E-state index is 0.503. The number of nitrogens with zero attached hydrogens (tertiary/aromatic N) is 1. The van der Waals surface area contributed by atoms with E-state index in [1.807, 2.05) is 11.7 Å². The van der Waals surface area contributed by atoms with Gasteiger partial charge in [0.05, 0.1) is 5.51 Å². The van der Waals surface area contributed by atoms with E-state index in [2.05, 4.69) is 48.4 Å². The van der Waals surface area contributed by atoms with Crippen LogP contribution in [0.2, 0.25) is 0 Å². The zero-order valence-corrected chi connectivity index (χ0v) is 12.5. The fourth-order valence-corrected chi connectivity index (χ4v) is 2.84. The van der Waals surface area contributed by atoms with E-state index in [-0.39, 0.29) is 0 Å². The first-order chi connectivity index (χ1) is 9.28. The van der Waals surface area contributed by atoms with Crippen LogP contribution in [-0.2, 0) is 12.8 Å². The molecule has 0 saturated carbocycles. The van der Waals surface area contributed by atoms with Gasteiger partial charge in [0.1, 0.15) is 0 Å². The Kier molecular flexibility index (Phi) is 5.55. The Hall–Kier alpha value is -1.19. The average Bonchev–Trinajstić information content (AvgIpc) is 2.91. The molecule has 2 aromatic rings. The van der Waals surface area contributed by atoms with Crippen molar-refractivity contribution in [1.29, 1.82) is 0 Å². The van der Waals surface area contributed by atoms with Crippen LogP contribution in [0, 0.1) is 6.92 Å². The molecule has 0 bridgehead atoms. The van der Waals surface area contributed by atoms with Crippen LogP contribution in [0.3, 0.4) is 0 Å². The van der Waals surface area contributed by atoms with Gasteiger partial charge in [-0.05, 0) is 38.3 Å². The van der Waals surface area contributed by atoms with Gasteiger partial charge in [0.2, 0.25) is 0 Å². The molecule has 2 nitrogen and oxygen atoms in total. The number of thiazole rings is 1. The lowest BCUT2D eigenvalue weighted by atomic mass is 10.0. The van der Waals surface area contributed by atoms with Crippen molar-refractivity contribution < 1.29 is 0 Å². The molecule has 0 aliphatic rings. The highest BCUT2D eigenvalue weighted by Gasteiger charge is 2.10. The molecule has 1 N–H and O–H groups in total. The second kappa shape index (κ2) is 7.41. The average molecular weight is 274 g/mol. The Bertz CT molecular complexity index is 462. The molecule has 0 aliphatic carbocycles. The topological polar surface area (TPSA) is 24.9 Å². The molecule has 0 aliphatic heterocycles. The smallest absolute Gasteiger partial charge is 0.0794 e. The van der Waals surface area contributed by atoms with Crippen LogP contribution in [0.1, 0.15) is 29.3 Å². The summed E-state index contributed by atoms with van der Waals surface area (Å²) in [6, 6.07) is 9.37. The van der Waals surface area contributed by atoms with Crippen molar-refractivity contribution in [2.45, 2.75) is 39.2 Å². The van der Waals surface area contributed by atoms with Gasteiger partial charge < -0.3 is 5.32 Å². The minimum Gasteiger partial charge on any atom is -0.313 e. The first-order valence-electron chi connectivity index (χ1n) is 6.94. The third kappa shape index (κ3) is 4.77. The molecular weight excluding hydrogens is 252 g/mol. The van der Waals surface area contributed by atoms with E-state index in [1.165, 1.54) is 22.4 Å². The molecule has 0 fully saturated rings. The Morgan fingerprint density at radius 1 is 1.21 bits per heavy atom. The van der Waals surface area contributed by atoms with E-state index in [0.717, 1.165) is 19.4 Å². The monoisotopic (exact) mass is 274 g/mol. The van der Waals surface area contributed by atoms with Crippen molar-refractivity contribution in [2.24, 2.45) is 0 Å². The zero-order chi connectivity index (χ0) is 13.5. The number of hydrogen-bond donors (Lipinski definition) is 1. The molecular formula is C16H22N2S. The van der Waals surface area contributed by atoms with Gasteiger partial charge in [-0.15, -0.1) is 11.3 Å². The van der Waals surface area contributed by atoms with Crippen molar-refractivity contribution in [3.8, 4) is 0 Å². The summed E-state index contributed by atoms with van der Waals surface area (Å²) in [5.74, 6) is 0. The zero-order valence-electron chi connectivity index (χ0n) is 11.7. The number of aromatic nitrogens is 1. The lowest BCUT2D eigenvalue weighted by Crippen LogP contribution is -2.33. The first kappa shape index (κ1) is 14.2. The summed E-state index contributed by atoms with van der Waals surface area (Å²) >= 11 is 1.75. The Labute approximate surface area is 119 Å². The predicted molar refractivity (Wildman–Crippen MR) is 82.8 cm³/mol. The molecule has 2 rings (SSSR count). The summed E-state index contributed by atoms with van der Waals surface area (Å²) in [4.78, 5) is 5.53. The Balaban J connectivity index is 1.98. The maximum Gasteiger partial charge on any atom is 0.0794 e. The molecule has 0 saturated heterocycles. The van der Waals surface area contributed by atoms with Crippen LogP contribution >= 0.6 is 11.3 Å². The summed E-state index contributed by atoms with van der Waals surface area (Å²) in [5.41, 5.74) is 4.64. The lowest BCUT2D eigenvalue weighted by Gasteiger charge is -2.18. The molecule has 1 aromatic heterocycles. The van der Waals surface area contributed by atoms with Gasteiger partial charge in [0.25, 0.3) is 0 Å². The van der Waals surface area contributed by atoms with E-state index in [1.54, 1.807) is 11.3 Å². The second-order valence-electron chi connectivity index (χ2n) is 5.01. The summed E-state index contributed by atoms with van der Waals surface area (Å²) in [6.07, 6.45) is 5.31. The SMILES string of the molecule is CCCNC(Cc1ccc(C)cc1)Cc1cncs1. The number of rotatable bonds is 7. The van der Waals surface area contributed by atoms with Crippen LogP contribution in [0.15, 0.2) is 36.0 Å². The normalized spacial score (nSPS) is 12.5. The van der Waals surface area contributed by atoms with E-state index >= 15 is 0 Å². The quantitative estimate of drug-likeness (QED) is 0.834. The maximum atomic E-state index is 4.16. The van der Waals surface area contributed by atoms with Crippen molar-refractivity contribution in [2.75, 3.05) is 6.54 Å². The number of benzene rings is 1. The number of nitrogens with one attached hydrogen (secondary N) is 1. The molecule has 3 heteroatoms. The van der Waals surface area contributed by atoms with Crippen molar-refractivity contribution >= 4 is 11.3 Å². The Morgan fingerprint density at radius 3 is 2.63 bits per heavy atom. The van der Waals surface area contributed by atoms with Gasteiger partial charge in [-0.25, -0.2) is 0 Å². The van der Waals surface area contributed by atoms with Gasteiger partial charge in [-0.2, -0.15) is 0 Å². The highest BCUT2D eigenvalue weighted by Crippen LogP contribution is 2.13. The molecule has 1 aromatic carbocycles. The minimum absolute atomic E-state index is 0.503. The van der Waals surface area contributed by atoms with E-state index in [0.29, 0.717) is 6.04 Å². The Morgan fingerprint density at radius 2 is 2.00 bits per heavy atom. The highest BCUT2D eigenvalue weighted by atomic mass is 32.1. The fraction of sp³-hybridized carbons (Fsp3) is 0.438. The third-order valence-corrected chi connectivity index (χ3v) is 4.02. The predicted octanol–water partition coefficient (Wildman–Crippen LogP) is 3.60. The molecule has 102 valence electrons. The fourth-order valence-electron chi connectivity index (χ4n) is 2.16. The molecule has 0 amide bonds. The number of aryl methyl sites for hydroxylation is 1. The number of hydrogen-bond acceptors (Lipinski definition) is 3. The molecule has 1 atom stereocenters. The second-order valence-corrected chi connectivity index (χ2v) is 5.98. The van der Waals surface area contributed by atoms with Gasteiger partial charge in [-0.1, -0.05) is 36.8 Å². The molecule has 0 radical (unpaired) electrons. The highest BCUT2D eigenvalue weighted by molar-refractivity contribution is 7.09. The first-order valence-corrected chi connectivity index (χ1v) is 7.82. The summed E-state index contributed by atoms with van der Waals surface area (Å²) in [7, 11) is 0. The van der Waals surface area contributed by atoms with Crippen LogP contribution in [0.4, 0.5) is 0 Å². The van der Waals surface area contributed by atoms with Gasteiger partial charge in [0.15, 0.2) is 0 Å². The van der Waals surface area contributed by atoms with Crippen molar-refractivity contribution in [3.63, 3.8) is 0 Å². The van der Waals surface area contributed by atoms with Crippen LogP contribution in [0.5, 0.6) is 0 Å². The maximum absolute atomic E-state index is 4.16. The van der Waals surface area contributed by atoms with Crippen LogP contribution < -0.4 is 5.32 Å². The lowest BCUT2D eigenvalue weighted by molar-refractivity contribution is 0.507. The van der Waals surface area contributed by atoms with Crippen molar-refractivity contribution in [1.82, 2.24) is 10.3 Å². The van der Waals surface area contributed by atoms with E-state index in [4.69, 9.17) is 0 Å². The molecule has 1 unspecified atom stereocenters. The van der Waals surface area contributed by atoms with E-state index < -0.39 is 0 Å². The molecule has 0 spiro atoms. The standard InChI is InChI=1S/C16H22N2S/c1-3-8-18-15(10-16-11-17-12-19-16)9-14-6-4-13(2)5-7-14/h4-7,11-12,15,18H,3,8-10H2,1-2H3. The summed E-state index contributed by atoms with van der Waals surface area (Å²) < 4.78 is 0. The third-order valence-electron chi connectivity index (χ3n) is 3.22.